The molecule has 0 amide bonds. The average molecular weight is 234 g/mol. The monoisotopic (exact) mass is 234 g/mol. The Morgan fingerprint density at radius 2 is 2.00 bits per heavy atom. The summed E-state index contributed by atoms with van der Waals surface area (Å²) in [6, 6.07) is 10.1. The third-order valence-corrected chi connectivity index (χ3v) is 3.80. The van der Waals surface area contributed by atoms with Crippen LogP contribution >= 0.6 is 0 Å². The molecule has 1 aromatic carbocycles. The van der Waals surface area contributed by atoms with Crippen molar-refractivity contribution in [2.45, 2.75) is 45.3 Å². The second-order valence-corrected chi connectivity index (χ2v) is 5.21. The van der Waals surface area contributed by atoms with E-state index >= 15 is 0 Å². The van der Waals surface area contributed by atoms with Crippen molar-refractivity contribution in [2.24, 2.45) is 5.41 Å². The largest absolute Gasteiger partial charge is 0.391 e. The lowest BCUT2D eigenvalue weighted by Gasteiger charge is -2.17. The topological polar surface area (TPSA) is 29.5 Å². The van der Waals surface area contributed by atoms with Crippen molar-refractivity contribution >= 4 is 0 Å². The predicted molar refractivity (Wildman–Crippen MR) is 68.7 cm³/mol. The fourth-order valence-electron chi connectivity index (χ4n) is 2.32. The van der Waals surface area contributed by atoms with Gasteiger partial charge in [-0.05, 0) is 30.2 Å². The van der Waals surface area contributed by atoms with E-state index in [1.54, 1.807) is 0 Å². The molecule has 2 nitrogen and oxygen atoms in total. The lowest BCUT2D eigenvalue weighted by Crippen LogP contribution is -2.20. The Kier molecular flexibility index (Phi) is 4.19. The number of hydrogen-bond acceptors (Lipinski definition) is 2. The third-order valence-electron chi connectivity index (χ3n) is 3.80. The van der Waals surface area contributed by atoms with Gasteiger partial charge >= 0.3 is 0 Å². The van der Waals surface area contributed by atoms with E-state index in [1.807, 2.05) is 30.3 Å². The highest BCUT2D eigenvalue weighted by Gasteiger charge is 2.41. The summed E-state index contributed by atoms with van der Waals surface area (Å²) in [7, 11) is 0. The molecule has 1 saturated carbocycles. The van der Waals surface area contributed by atoms with E-state index in [1.165, 1.54) is 19.3 Å². The Morgan fingerprint density at radius 1 is 1.29 bits per heavy atom. The van der Waals surface area contributed by atoms with Gasteiger partial charge in [-0.2, -0.15) is 0 Å². The normalized spacial score (nSPS) is 18.9. The lowest BCUT2D eigenvalue weighted by atomic mass is 9.96. The van der Waals surface area contributed by atoms with Crippen molar-refractivity contribution in [3.8, 4) is 0 Å². The van der Waals surface area contributed by atoms with Gasteiger partial charge in [-0.25, -0.2) is 0 Å². The molecule has 94 valence electrons. The number of aliphatic hydroxyl groups excluding tert-OH is 1. The van der Waals surface area contributed by atoms with E-state index in [4.69, 9.17) is 4.74 Å². The van der Waals surface area contributed by atoms with Crippen LogP contribution < -0.4 is 0 Å². The van der Waals surface area contributed by atoms with E-state index < -0.39 is 0 Å². The highest BCUT2D eigenvalue weighted by Crippen LogP contribution is 2.52. The Hall–Kier alpha value is -0.860. The van der Waals surface area contributed by atoms with Gasteiger partial charge in [0.2, 0.25) is 0 Å². The van der Waals surface area contributed by atoms with Crippen LogP contribution in [0.3, 0.4) is 0 Å². The maximum atomic E-state index is 9.91. The molecule has 1 unspecified atom stereocenters. The molecule has 2 heteroatoms. The number of rotatable bonds is 7. The van der Waals surface area contributed by atoms with E-state index in [0.717, 1.165) is 12.0 Å². The fraction of sp³-hybridized carbons (Fsp3) is 0.600. The molecule has 0 heterocycles. The highest BCUT2D eigenvalue weighted by molar-refractivity contribution is 5.13. The zero-order valence-electron chi connectivity index (χ0n) is 10.6. The van der Waals surface area contributed by atoms with Gasteiger partial charge in [0.15, 0.2) is 0 Å². The number of benzene rings is 1. The lowest BCUT2D eigenvalue weighted by molar-refractivity contribution is 0.0138. The molecule has 2 rings (SSSR count). The first-order valence-corrected chi connectivity index (χ1v) is 6.54. The molecule has 1 fully saturated rings. The minimum Gasteiger partial charge on any atom is -0.391 e. The minimum absolute atomic E-state index is 0.304. The zero-order chi connectivity index (χ0) is 12.1. The molecule has 0 radical (unpaired) electrons. The summed E-state index contributed by atoms with van der Waals surface area (Å²) in [6.07, 6.45) is 4.33. The summed E-state index contributed by atoms with van der Waals surface area (Å²) in [5.74, 6) is 0. The van der Waals surface area contributed by atoms with E-state index in [-0.39, 0.29) is 6.10 Å². The summed E-state index contributed by atoms with van der Waals surface area (Å²) >= 11 is 0. The first-order valence-electron chi connectivity index (χ1n) is 6.54. The smallest absolute Gasteiger partial charge is 0.0779 e. The van der Waals surface area contributed by atoms with Crippen LogP contribution in [0.5, 0.6) is 0 Å². The van der Waals surface area contributed by atoms with Gasteiger partial charge in [-0.3, -0.25) is 0 Å². The van der Waals surface area contributed by atoms with Crippen LogP contribution in [0.15, 0.2) is 30.3 Å². The van der Waals surface area contributed by atoms with Gasteiger partial charge in [0, 0.05) is 0 Å². The standard InChI is InChI=1S/C15H22O2/c1-2-15(8-9-15)10-14(16)12-17-11-13-6-4-3-5-7-13/h3-7,14,16H,2,8-12H2,1H3. The minimum atomic E-state index is -0.304. The first-order chi connectivity index (χ1) is 8.24. The Labute approximate surface area is 104 Å². The molecular formula is C15H22O2. The van der Waals surface area contributed by atoms with Crippen molar-refractivity contribution in [3.63, 3.8) is 0 Å². The SMILES string of the molecule is CCC1(CC(O)COCc2ccccc2)CC1. The fourth-order valence-corrected chi connectivity index (χ4v) is 2.32. The van der Waals surface area contributed by atoms with Crippen LogP contribution in [0.25, 0.3) is 0 Å². The molecule has 1 aliphatic carbocycles. The van der Waals surface area contributed by atoms with Crippen LogP contribution in [0, 0.1) is 5.41 Å². The van der Waals surface area contributed by atoms with Gasteiger partial charge in [0.05, 0.1) is 19.3 Å². The predicted octanol–water partition coefficient (Wildman–Crippen LogP) is 3.14. The van der Waals surface area contributed by atoms with Gasteiger partial charge in [-0.15, -0.1) is 0 Å². The molecule has 0 saturated heterocycles. The number of aliphatic hydroxyl groups is 1. The van der Waals surface area contributed by atoms with E-state index in [2.05, 4.69) is 6.92 Å². The summed E-state index contributed by atoms with van der Waals surface area (Å²) in [4.78, 5) is 0. The van der Waals surface area contributed by atoms with E-state index in [9.17, 15) is 5.11 Å². The van der Waals surface area contributed by atoms with Crippen LogP contribution in [0.1, 0.15) is 38.2 Å². The van der Waals surface area contributed by atoms with Crippen molar-refractivity contribution in [1.29, 1.82) is 0 Å². The van der Waals surface area contributed by atoms with Crippen LogP contribution in [-0.2, 0) is 11.3 Å². The second kappa shape index (κ2) is 5.65. The molecular weight excluding hydrogens is 212 g/mol. The van der Waals surface area contributed by atoms with E-state index in [0.29, 0.717) is 18.6 Å². The van der Waals surface area contributed by atoms with Crippen LogP contribution in [0.2, 0.25) is 0 Å². The zero-order valence-corrected chi connectivity index (χ0v) is 10.6. The molecule has 0 aliphatic heterocycles. The van der Waals surface area contributed by atoms with Crippen molar-refractivity contribution in [3.05, 3.63) is 35.9 Å². The van der Waals surface area contributed by atoms with Crippen LogP contribution in [0.4, 0.5) is 0 Å². The van der Waals surface area contributed by atoms with Gasteiger partial charge in [-0.1, -0.05) is 43.7 Å². The molecule has 0 bridgehead atoms. The maximum Gasteiger partial charge on any atom is 0.0779 e. The third kappa shape index (κ3) is 3.83. The molecule has 1 aromatic rings. The summed E-state index contributed by atoms with van der Waals surface area (Å²) in [6.45, 7) is 3.26. The van der Waals surface area contributed by atoms with Gasteiger partial charge < -0.3 is 9.84 Å². The molecule has 0 aromatic heterocycles. The summed E-state index contributed by atoms with van der Waals surface area (Å²) in [5, 5.41) is 9.91. The second-order valence-electron chi connectivity index (χ2n) is 5.21. The molecule has 1 atom stereocenters. The Balaban J connectivity index is 1.65. The van der Waals surface area contributed by atoms with Gasteiger partial charge in [0.1, 0.15) is 0 Å². The summed E-state index contributed by atoms with van der Waals surface area (Å²) < 4.78 is 5.55. The van der Waals surface area contributed by atoms with Crippen LogP contribution in [-0.4, -0.2) is 17.8 Å². The van der Waals surface area contributed by atoms with Gasteiger partial charge in [0.25, 0.3) is 0 Å². The Bertz CT molecular complexity index is 330. The quantitative estimate of drug-likeness (QED) is 0.785. The highest BCUT2D eigenvalue weighted by atomic mass is 16.5. The number of ether oxygens (including phenoxy) is 1. The molecule has 1 N–H and O–H groups in total. The molecule has 0 spiro atoms. The molecule has 1 aliphatic rings. The van der Waals surface area contributed by atoms with Crippen molar-refractivity contribution in [1.82, 2.24) is 0 Å². The van der Waals surface area contributed by atoms with Crippen molar-refractivity contribution in [2.75, 3.05) is 6.61 Å². The van der Waals surface area contributed by atoms with Crippen molar-refractivity contribution < 1.29 is 9.84 Å². The first kappa shape index (κ1) is 12.6. The summed E-state index contributed by atoms with van der Waals surface area (Å²) in [5.41, 5.74) is 1.60. The Morgan fingerprint density at radius 3 is 2.59 bits per heavy atom. The molecule has 17 heavy (non-hydrogen) atoms. The maximum absolute atomic E-state index is 9.91. The average Bonchev–Trinajstić information content (AvgIpc) is 3.11. The number of hydrogen-bond donors (Lipinski definition) is 1.